The Morgan fingerprint density at radius 2 is 1.04 bits per heavy atom. The maximum absolute atomic E-state index is 10.7. The molecule has 0 aromatic rings. The first-order valence-corrected chi connectivity index (χ1v) is 5.39. The second kappa shape index (κ2) is 28.6. The molecule has 0 aliphatic rings. The van der Waals surface area contributed by atoms with Gasteiger partial charge in [0.25, 0.3) is 0 Å². The molecule has 0 saturated heterocycles. The molecule has 0 bridgehead atoms. The van der Waals surface area contributed by atoms with Crippen molar-refractivity contribution in [1.29, 1.82) is 0 Å². The van der Waals surface area contributed by atoms with Crippen LogP contribution in [0.1, 0.15) is 19.3 Å². The van der Waals surface area contributed by atoms with Gasteiger partial charge < -0.3 is 72.6 Å². The molecule has 18 heteroatoms. The van der Waals surface area contributed by atoms with Crippen molar-refractivity contribution in [2.75, 3.05) is 6.54 Å². The predicted molar refractivity (Wildman–Crippen MR) is 67.0 cm³/mol. The van der Waals surface area contributed by atoms with Crippen LogP contribution in [0.3, 0.4) is 0 Å². The van der Waals surface area contributed by atoms with Crippen LogP contribution in [0.25, 0.3) is 0 Å². The first-order valence-electron chi connectivity index (χ1n) is 5.39. The third-order valence-electron chi connectivity index (χ3n) is 2.60. The number of hydrogen-bond donors (Lipinski definition) is 2. The maximum Gasteiger partial charge on any atom is 1.00 e. The Balaban J connectivity index is -0.0000000645. The number of carboxylic acid groups (broad SMARTS) is 4. The normalized spacial score (nSPS) is 9.04. The van der Waals surface area contributed by atoms with Crippen molar-refractivity contribution in [2.24, 2.45) is 5.73 Å². The van der Waals surface area contributed by atoms with E-state index in [9.17, 15) is 39.6 Å². The Kier molecular flexibility index (Phi) is 58.4. The van der Waals surface area contributed by atoms with E-state index in [1.54, 1.807) is 0 Å². The molecule has 11 N–H and O–H groups in total. The number of nitrogens with two attached hydrogens (primary N) is 1. The summed E-state index contributed by atoms with van der Waals surface area (Å²) in [6.45, 7) is -0.929. The molecule has 1 atom stereocenters. The second-order valence-corrected chi connectivity index (χ2v) is 4.16. The van der Waals surface area contributed by atoms with Crippen LogP contribution in [-0.4, -0.2) is 63.9 Å². The summed E-state index contributed by atoms with van der Waals surface area (Å²) in [5.74, 6) is -6.81. The zero-order valence-corrected chi connectivity index (χ0v) is 24.2. The topological polar surface area (TPSA) is 325 Å². The van der Waals surface area contributed by atoms with Crippen LogP contribution in [0.2, 0.25) is 0 Å². The number of carbonyl (C=O) groups excluding carboxylic acids is 4. The average molecular weight is 452 g/mol. The van der Waals surface area contributed by atoms with Gasteiger partial charge in [0.1, 0.15) is 0 Å². The molecule has 0 aromatic heterocycles. The molecule has 0 heterocycles. The Hall–Kier alpha value is 1.64. The number of carbonyl (C=O) groups is 4. The van der Waals surface area contributed by atoms with Gasteiger partial charge in [-0.2, -0.15) is 0 Å². The summed E-state index contributed by atoms with van der Waals surface area (Å²) in [4.78, 5) is 42.3. The summed E-state index contributed by atoms with van der Waals surface area (Å²) < 4.78 is 0. The van der Waals surface area contributed by atoms with Gasteiger partial charge in [-0.1, -0.05) is 0 Å². The molecule has 0 aliphatic carbocycles. The number of rotatable bonds is 10. The Bertz CT molecular complexity index is 413. The molecule has 0 aliphatic heterocycles. The molecule has 1 unspecified atom stereocenters. The first kappa shape index (κ1) is 57.1. The van der Waals surface area contributed by atoms with Crippen molar-refractivity contribution >= 4 is 23.9 Å². The third-order valence-corrected chi connectivity index (χ3v) is 2.60. The Labute approximate surface area is 248 Å². The monoisotopic (exact) mass is 452 g/mol. The van der Waals surface area contributed by atoms with E-state index in [4.69, 9.17) is 5.73 Å². The summed E-state index contributed by atoms with van der Waals surface area (Å²) in [6.07, 6.45) is -2.94. The van der Waals surface area contributed by atoms with Gasteiger partial charge in [0.2, 0.25) is 0 Å². The quantitative estimate of drug-likeness (QED) is 0.294. The van der Waals surface area contributed by atoms with Gasteiger partial charge in [-0.05, 0) is 0 Å². The molecule has 0 fully saturated rings. The number of aliphatic carboxylic acids is 4. The fraction of sp³-hybridized carbons (Fsp3) is 0.600. The molecule has 0 saturated carbocycles. The molecular weight excluding hydrogens is 432 g/mol. The van der Waals surface area contributed by atoms with Gasteiger partial charge in [-0.25, -0.2) is 0 Å². The molecule has 0 radical (unpaired) electrons. The average Bonchev–Trinajstić information content (AvgIpc) is 2.23. The zero-order chi connectivity index (χ0) is 15.9. The summed E-state index contributed by atoms with van der Waals surface area (Å²) >= 11 is 0. The van der Waals surface area contributed by atoms with Crippen LogP contribution in [0.15, 0.2) is 0 Å². The third kappa shape index (κ3) is 25.7. The Morgan fingerprint density at radius 1 is 0.714 bits per heavy atom. The van der Waals surface area contributed by atoms with Crippen LogP contribution < -0.4 is 150 Å². The van der Waals surface area contributed by atoms with Gasteiger partial charge in [-0.15, -0.1) is 0 Å². The molecule has 0 aromatic carbocycles. The van der Waals surface area contributed by atoms with Crippen molar-refractivity contribution in [3.05, 3.63) is 0 Å². The van der Waals surface area contributed by atoms with Crippen LogP contribution in [0.4, 0.5) is 0 Å². The summed E-state index contributed by atoms with van der Waals surface area (Å²) in [7, 11) is 0. The molecule has 0 rings (SSSR count). The number of hydrogen-bond acceptors (Lipinski definition) is 10. The largest absolute Gasteiger partial charge is 1.00 e. The molecular formula is C10H20N2Na4O12. The van der Waals surface area contributed by atoms with E-state index in [0.29, 0.717) is 0 Å². The minimum absolute atomic E-state index is 0. The van der Waals surface area contributed by atoms with E-state index in [-0.39, 0.29) is 140 Å². The predicted octanol–water partition coefficient (Wildman–Crippen LogP) is -22.5. The van der Waals surface area contributed by atoms with Crippen molar-refractivity contribution in [3.8, 4) is 0 Å². The minimum Gasteiger partial charge on any atom is -0.550 e. The van der Waals surface area contributed by atoms with Crippen molar-refractivity contribution < 1.29 is 180 Å². The van der Waals surface area contributed by atoms with E-state index >= 15 is 0 Å². The zero-order valence-electron chi connectivity index (χ0n) is 16.2. The van der Waals surface area contributed by atoms with Crippen molar-refractivity contribution in [1.82, 2.24) is 5.32 Å². The van der Waals surface area contributed by atoms with Crippen LogP contribution in [0, 0.1) is 0 Å². The van der Waals surface area contributed by atoms with E-state index < -0.39 is 61.3 Å². The van der Waals surface area contributed by atoms with Crippen LogP contribution >= 0.6 is 0 Å². The van der Waals surface area contributed by atoms with Crippen LogP contribution in [-0.2, 0) is 19.2 Å². The van der Waals surface area contributed by atoms with Crippen molar-refractivity contribution in [3.63, 3.8) is 0 Å². The molecule has 0 spiro atoms. The molecule has 0 amide bonds. The van der Waals surface area contributed by atoms with Gasteiger partial charge in [-0.3, -0.25) is 0 Å². The van der Waals surface area contributed by atoms with Crippen LogP contribution in [0.5, 0.6) is 0 Å². The van der Waals surface area contributed by atoms with Gasteiger partial charge in [0.15, 0.2) is 0 Å². The fourth-order valence-electron chi connectivity index (χ4n) is 1.72. The van der Waals surface area contributed by atoms with Crippen molar-refractivity contribution in [2.45, 2.75) is 30.8 Å². The van der Waals surface area contributed by atoms with E-state index in [2.05, 4.69) is 5.32 Å². The number of carboxylic acids is 4. The fourth-order valence-corrected chi connectivity index (χ4v) is 1.72. The molecule has 28 heavy (non-hydrogen) atoms. The summed E-state index contributed by atoms with van der Waals surface area (Å²) in [5.41, 5.74) is 3.39. The summed E-state index contributed by atoms with van der Waals surface area (Å²) in [6, 6.07) is -1.55. The van der Waals surface area contributed by atoms with Gasteiger partial charge in [0.05, 0.1) is 5.97 Å². The second-order valence-electron chi connectivity index (χ2n) is 4.16. The molecule has 146 valence electrons. The first-order chi connectivity index (χ1) is 9.09. The minimum atomic E-state index is -2.07. The van der Waals surface area contributed by atoms with E-state index in [0.717, 1.165) is 0 Å². The number of nitrogens with one attached hydrogen (secondary N) is 1. The SMILES string of the molecule is NC(CC(=O)[O-])C(CC(=O)[O-])(CC(=O)[O-])NCC(=O)[O-].O.O.O.O.[Na+].[Na+].[Na+].[Na+]. The van der Waals surface area contributed by atoms with Gasteiger partial charge in [0, 0.05) is 55.3 Å². The Morgan fingerprint density at radius 3 is 1.25 bits per heavy atom. The maximum atomic E-state index is 10.7. The van der Waals surface area contributed by atoms with E-state index in [1.165, 1.54) is 0 Å². The van der Waals surface area contributed by atoms with Gasteiger partial charge >= 0.3 is 118 Å². The molecule has 14 nitrogen and oxygen atoms in total. The standard InChI is InChI=1S/C10H16N2O8.4Na.4H2O/c11-5(1-6(13)14)10(2-7(15)16,3-8(17)18)12-4-9(19)20;;;;;;;;/h5,12H,1-4,11H2,(H,13,14)(H,15,16)(H,17,18)(H,19,20);;;;;4*1H2/q;4*+1;;;;/p-4. The summed E-state index contributed by atoms with van der Waals surface area (Å²) in [5, 5.41) is 44.3. The smallest absolute Gasteiger partial charge is 0.550 e. The van der Waals surface area contributed by atoms with E-state index in [1.807, 2.05) is 0 Å².